The molecule has 17 heavy (non-hydrogen) atoms. The van der Waals surface area contributed by atoms with E-state index in [0.717, 1.165) is 38.0 Å². The highest BCUT2D eigenvalue weighted by atomic mass is 16.2. The van der Waals surface area contributed by atoms with E-state index in [-0.39, 0.29) is 6.04 Å². The fourth-order valence-corrected chi connectivity index (χ4v) is 2.52. The molecule has 0 saturated carbocycles. The minimum atomic E-state index is 0.0628. The van der Waals surface area contributed by atoms with Crippen molar-refractivity contribution in [2.24, 2.45) is 0 Å². The lowest BCUT2D eigenvalue weighted by molar-refractivity contribution is -0.141. The number of likely N-dealkylation sites (N-methyl/N-ethyl adjacent to an activating group) is 1. The van der Waals surface area contributed by atoms with Gasteiger partial charge in [0.05, 0.1) is 6.04 Å². The van der Waals surface area contributed by atoms with E-state index in [0.29, 0.717) is 11.9 Å². The van der Waals surface area contributed by atoms with Crippen molar-refractivity contribution in [3.63, 3.8) is 0 Å². The van der Waals surface area contributed by atoms with Crippen molar-refractivity contribution in [1.29, 1.82) is 0 Å². The topological polar surface area (TPSA) is 23.6 Å². The van der Waals surface area contributed by atoms with E-state index in [2.05, 4.69) is 32.3 Å². The van der Waals surface area contributed by atoms with Crippen LogP contribution in [0.25, 0.3) is 0 Å². The van der Waals surface area contributed by atoms with Gasteiger partial charge in [-0.2, -0.15) is 0 Å². The van der Waals surface area contributed by atoms with Crippen LogP contribution in [0.3, 0.4) is 0 Å². The molecule has 0 bridgehead atoms. The van der Waals surface area contributed by atoms with E-state index in [1.54, 1.807) is 0 Å². The van der Waals surface area contributed by atoms with Crippen LogP contribution in [0.15, 0.2) is 12.2 Å². The number of amides is 1. The molecule has 0 aliphatic carbocycles. The summed E-state index contributed by atoms with van der Waals surface area (Å²) in [5.74, 6) is 0.300. The maximum Gasteiger partial charge on any atom is 0.240 e. The summed E-state index contributed by atoms with van der Waals surface area (Å²) in [5, 5.41) is 0. The number of piperidine rings is 1. The lowest BCUT2D eigenvalue weighted by Gasteiger charge is -2.40. The summed E-state index contributed by atoms with van der Waals surface area (Å²) < 4.78 is 0. The first kappa shape index (κ1) is 14.2. The van der Waals surface area contributed by atoms with Gasteiger partial charge in [-0.3, -0.25) is 9.69 Å². The fraction of sp³-hybridized carbons (Fsp3) is 0.786. The molecule has 98 valence electrons. The number of likely N-dealkylation sites (tertiary alicyclic amines) is 1. The van der Waals surface area contributed by atoms with Gasteiger partial charge in [-0.1, -0.05) is 19.1 Å². The minimum Gasteiger partial charge on any atom is -0.339 e. The second kappa shape index (κ2) is 6.20. The van der Waals surface area contributed by atoms with Gasteiger partial charge in [0.25, 0.3) is 0 Å². The van der Waals surface area contributed by atoms with Gasteiger partial charge in [-0.25, -0.2) is 0 Å². The van der Waals surface area contributed by atoms with Gasteiger partial charge in [0.15, 0.2) is 0 Å². The first-order valence-electron chi connectivity index (χ1n) is 6.66. The molecule has 0 N–H and O–H groups in total. The summed E-state index contributed by atoms with van der Waals surface area (Å²) in [5.41, 5.74) is 1.13. The zero-order valence-corrected chi connectivity index (χ0v) is 11.7. The van der Waals surface area contributed by atoms with Crippen molar-refractivity contribution in [2.75, 3.05) is 19.6 Å². The Morgan fingerprint density at radius 1 is 1.59 bits per heavy atom. The zero-order chi connectivity index (χ0) is 13.0. The highest BCUT2D eigenvalue weighted by Gasteiger charge is 2.33. The standard InChI is InChI=1S/C14H26N2O/c1-6-15(10-11(2)3)13-8-7-9-16(12(4)5)14(13)17/h12-13H,2,6-10H2,1,3-5H3. The molecule has 1 atom stereocenters. The van der Waals surface area contributed by atoms with Gasteiger partial charge in [0, 0.05) is 19.1 Å². The third-order valence-corrected chi connectivity index (χ3v) is 3.39. The maximum atomic E-state index is 12.4. The van der Waals surface area contributed by atoms with Gasteiger partial charge >= 0.3 is 0 Å². The predicted octanol–water partition coefficient (Wildman–Crippen LogP) is 2.28. The number of hydrogen-bond donors (Lipinski definition) is 0. The number of carbonyl (C=O) groups excluding carboxylic acids is 1. The van der Waals surface area contributed by atoms with Gasteiger partial charge in [0.1, 0.15) is 0 Å². The van der Waals surface area contributed by atoms with E-state index >= 15 is 0 Å². The Morgan fingerprint density at radius 2 is 2.24 bits per heavy atom. The Labute approximate surface area is 105 Å². The van der Waals surface area contributed by atoms with Gasteiger partial charge in [-0.05, 0) is 40.2 Å². The minimum absolute atomic E-state index is 0.0628. The van der Waals surface area contributed by atoms with Crippen molar-refractivity contribution in [1.82, 2.24) is 9.80 Å². The van der Waals surface area contributed by atoms with Crippen LogP contribution in [0.4, 0.5) is 0 Å². The average molecular weight is 238 g/mol. The van der Waals surface area contributed by atoms with Crippen molar-refractivity contribution >= 4 is 5.91 Å². The number of carbonyl (C=O) groups is 1. The van der Waals surface area contributed by atoms with Gasteiger partial charge in [-0.15, -0.1) is 0 Å². The van der Waals surface area contributed by atoms with Crippen molar-refractivity contribution in [2.45, 2.75) is 52.6 Å². The normalized spacial score (nSPS) is 21.4. The average Bonchev–Trinajstić information content (AvgIpc) is 2.26. The summed E-state index contributed by atoms with van der Waals surface area (Å²) in [6.45, 7) is 14.9. The van der Waals surface area contributed by atoms with Crippen molar-refractivity contribution in [3.05, 3.63) is 12.2 Å². The van der Waals surface area contributed by atoms with Crippen LogP contribution in [0, 0.1) is 0 Å². The molecule has 1 aliphatic rings. The van der Waals surface area contributed by atoms with Gasteiger partial charge in [0.2, 0.25) is 5.91 Å². The first-order chi connectivity index (χ1) is 7.97. The Morgan fingerprint density at radius 3 is 2.71 bits per heavy atom. The lowest BCUT2D eigenvalue weighted by atomic mass is 10.0. The summed E-state index contributed by atoms with van der Waals surface area (Å²) in [4.78, 5) is 16.7. The smallest absolute Gasteiger partial charge is 0.240 e. The van der Waals surface area contributed by atoms with Crippen LogP contribution in [-0.4, -0.2) is 47.4 Å². The second-order valence-electron chi connectivity index (χ2n) is 5.30. The molecule has 1 unspecified atom stereocenters. The largest absolute Gasteiger partial charge is 0.339 e. The fourth-order valence-electron chi connectivity index (χ4n) is 2.52. The molecule has 1 rings (SSSR count). The van der Waals surface area contributed by atoms with E-state index in [9.17, 15) is 4.79 Å². The third kappa shape index (κ3) is 3.56. The molecule has 1 aliphatic heterocycles. The second-order valence-corrected chi connectivity index (χ2v) is 5.30. The van der Waals surface area contributed by atoms with Crippen molar-refractivity contribution < 1.29 is 4.79 Å². The molecule has 0 aromatic rings. The zero-order valence-electron chi connectivity index (χ0n) is 11.7. The Hall–Kier alpha value is -0.830. The Kier molecular flexibility index (Phi) is 5.19. The summed E-state index contributed by atoms with van der Waals surface area (Å²) in [6.07, 6.45) is 2.10. The monoisotopic (exact) mass is 238 g/mol. The lowest BCUT2D eigenvalue weighted by Crippen LogP contribution is -2.54. The van der Waals surface area contributed by atoms with E-state index in [1.165, 1.54) is 0 Å². The van der Waals surface area contributed by atoms with Crippen LogP contribution >= 0.6 is 0 Å². The maximum absolute atomic E-state index is 12.4. The van der Waals surface area contributed by atoms with E-state index < -0.39 is 0 Å². The molecule has 3 nitrogen and oxygen atoms in total. The molecule has 1 amide bonds. The van der Waals surface area contributed by atoms with E-state index in [4.69, 9.17) is 0 Å². The van der Waals surface area contributed by atoms with Gasteiger partial charge < -0.3 is 4.90 Å². The van der Waals surface area contributed by atoms with Crippen LogP contribution in [0.5, 0.6) is 0 Å². The summed E-state index contributed by atoms with van der Waals surface area (Å²) in [7, 11) is 0. The molecular weight excluding hydrogens is 212 g/mol. The quantitative estimate of drug-likeness (QED) is 0.686. The number of rotatable bonds is 5. The third-order valence-electron chi connectivity index (χ3n) is 3.39. The Balaban J connectivity index is 2.74. The molecule has 1 saturated heterocycles. The highest BCUT2D eigenvalue weighted by Crippen LogP contribution is 2.19. The summed E-state index contributed by atoms with van der Waals surface area (Å²) in [6, 6.07) is 0.377. The molecule has 3 heteroatoms. The molecular formula is C14H26N2O. The van der Waals surface area contributed by atoms with Crippen LogP contribution < -0.4 is 0 Å². The van der Waals surface area contributed by atoms with Crippen LogP contribution in [0.1, 0.15) is 40.5 Å². The molecule has 0 spiro atoms. The van der Waals surface area contributed by atoms with E-state index in [1.807, 2.05) is 11.8 Å². The molecule has 1 fully saturated rings. The number of hydrogen-bond acceptors (Lipinski definition) is 2. The predicted molar refractivity (Wildman–Crippen MR) is 71.9 cm³/mol. The molecule has 0 aromatic carbocycles. The van der Waals surface area contributed by atoms with Crippen LogP contribution in [-0.2, 0) is 4.79 Å². The van der Waals surface area contributed by atoms with Crippen molar-refractivity contribution in [3.8, 4) is 0 Å². The van der Waals surface area contributed by atoms with Crippen LogP contribution in [0.2, 0.25) is 0 Å². The molecule has 0 radical (unpaired) electrons. The summed E-state index contributed by atoms with van der Waals surface area (Å²) >= 11 is 0. The SMILES string of the molecule is C=C(C)CN(CC)C1CCCN(C(C)C)C1=O. The highest BCUT2D eigenvalue weighted by molar-refractivity contribution is 5.82. The number of nitrogens with zero attached hydrogens (tertiary/aromatic N) is 2. The molecule has 1 heterocycles. The first-order valence-corrected chi connectivity index (χ1v) is 6.66. The Bertz CT molecular complexity index is 286. The molecule has 0 aromatic heterocycles.